The molecule has 0 aromatic rings. The maximum atomic E-state index is 11.5. The van der Waals surface area contributed by atoms with Crippen LogP contribution in [-0.2, 0) is 14.4 Å². The van der Waals surface area contributed by atoms with Crippen LogP contribution in [0.5, 0.6) is 0 Å². The smallest absolute Gasteiger partial charge is 0.310 e. The molecule has 98 valence electrons. The molecular weight excluding hydrogens is 224 g/mol. The van der Waals surface area contributed by atoms with E-state index in [1.165, 1.54) is 6.92 Å². The zero-order chi connectivity index (χ0) is 13.6. The standard InChI is InChI=1S/C10H20N4O3/c1-6(2)10(3,9(12)17)14-8(16)7(15)13-5-4-11/h6H,4-5,11H2,1-3H3,(H2,12,17)(H,13,15)(H,14,16). The summed E-state index contributed by atoms with van der Waals surface area (Å²) in [6.07, 6.45) is 0. The zero-order valence-corrected chi connectivity index (χ0v) is 10.4. The molecule has 0 aliphatic carbocycles. The van der Waals surface area contributed by atoms with Crippen LogP contribution in [0.4, 0.5) is 0 Å². The van der Waals surface area contributed by atoms with Crippen molar-refractivity contribution in [2.75, 3.05) is 13.1 Å². The molecule has 0 saturated heterocycles. The van der Waals surface area contributed by atoms with Crippen molar-refractivity contribution in [3.05, 3.63) is 0 Å². The van der Waals surface area contributed by atoms with Crippen LogP contribution >= 0.6 is 0 Å². The van der Waals surface area contributed by atoms with Gasteiger partial charge in [-0.25, -0.2) is 0 Å². The van der Waals surface area contributed by atoms with Gasteiger partial charge < -0.3 is 22.1 Å². The van der Waals surface area contributed by atoms with Crippen molar-refractivity contribution < 1.29 is 14.4 Å². The van der Waals surface area contributed by atoms with Crippen molar-refractivity contribution in [3.63, 3.8) is 0 Å². The fourth-order valence-electron chi connectivity index (χ4n) is 1.05. The number of rotatable bonds is 5. The zero-order valence-electron chi connectivity index (χ0n) is 10.4. The Labute approximate surface area is 100 Å². The maximum absolute atomic E-state index is 11.5. The van der Waals surface area contributed by atoms with Gasteiger partial charge in [-0.05, 0) is 12.8 Å². The highest BCUT2D eigenvalue weighted by Crippen LogP contribution is 2.15. The molecule has 0 heterocycles. The second kappa shape index (κ2) is 6.19. The van der Waals surface area contributed by atoms with E-state index in [1.807, 2.05) is 0 Å². The van der Waals surface area contributed by atoms with Crippen molar-refractivity contribution in [1.82, 2.24) is 10.6 Å². The molecule has 3 amide bonds. The van der Waals surface area contributed by atoms with Crippen LogP contribution in [0.15, 0.2) is 0 Å². The third kappa shape index (κ3) is 4.03. The van der Waals surface area contributed by atoms with Gasteiger partial charge in [-0.2, -0.15) is 0 Å². The molecule has 1 atom stereocenters. The number of hydrogen-bond donors (Lipinski definition) is 4. The summed E-state index contributed by atoms with van der Waals surface area (Å²) < 4.78 is 0. The average molecular weight is 244 g/mol. The first-order chi connectivity index (χ1) is 7.75. The first-order valence-electron chi connectivity index (χ1n) is 5.36. The van der Waals surface area contributed by atoms with Crippen LogP contribution in [0.1, 0.15) is 20.8 Å². The summed E-state index contributed by atoms with van der Waals surface area (Å²) in [5.74, 6) is -2.64. The number of primary amides is 1. The predicted octanol–water partition coefficient (Wildman–Crippen LogP) is -1.92. The molecule has 0 bridgehead atoms. The summed E-state index contributed by atoms with van der Waals surface area (Å²) in [5, 5.41) is 4.64. The fraction of sp³-hybridized carbons (Fsp3) is 0.700. The Morgan fingerprint density at radius 3 is 2.12 bits per heavy atom. The minimum absolute atomic E-state index is 0.196. The monoisotopic (exact) mass is 244 g/mol. The summed E-state index contributed by atoms with van der Waals surface area (Å²) in [7, 11) is 0. The lowest BCUT2D eigenvalue weighted by Gasteiger charge is -2.30. The summed E-state index contributed by atoms with van der Waals surface area (Å²) >= 11 is 0. The Balaban J connectivity index is 4.63. The highest BCUT2D eigenvalue weighted by Gasteiger charge is 2.37. The molecule has 0 radical (unpaired) electrons. The molecule has 0 aromatic carbocycles. The van der Waals surface area contributed by atoms with Crippen LogP contribution in [0.25, 0.3) is 0 Å². The van der Waals surface area contributed by atoms with Crippen molar-refractivity contribution in [1.29, 1.82) is 0 Å². The number of nitrogens with two attached hydrogens (primary N) is 2. The minimum atomic E-state index is -1.25. The first kappa shape index (κ1) is 15.4. The van der Waals surface area contributed by atoms with E-state index in [-0.39, 0.29) is 19.0 Å². The summed E-state index contributed by atoms with van der Waals surface area (Å²) in [5.41, 5.74) is 9.14. The molecule has 0 rings (SSSR count). The lowest BCUT2D eigenvalue weighted by atomic mass is 9.87. The summed E-state index contributed by atoms with van der Waals surface area (Å²) in [4.78, 5) is 34.1. The topological polar surface area (TPSA) is 127 Å². The Morgan fingerprint density at radius 2 is 1.76 bits per heavy atom. The maximum Gasteiger partial charge on any atom is 0.310 e. The Bertz CT molecular complexity index is 317. The Morgan fingerprint density at radius 1 is 1.24 bits per heavy atom. The van der Waals surface area contributed by atoms with E-state index in [1.54, 1.807) is 13.8 Å². The molecule has 7 nitrogen and oxygen atoms in total. The highest BCUT2D eigenvalue weighted by atomic mass is 16.2. The van der Waals surface area contributed by atoms with E-state index in [0.29, 0.717) is 0 Å². The van der Waals surface area contributed by atoms with Crippen molar-refractivity contribution in [3.8, 4) is 0 Å². The van der Waals surface area contributed by atoms with Crippen LogP contribution in [0, 0.1) is 5.92 Å². The van der Waals surface area contributed by atoms with E-state index >= 15 is 0 Å². The minimum Gasteiger partial charge on any atom is -0.368 e. The normalized spacial score (nSPS) is 13.9. The van der Waals surface area contributed by atoms with E-state index in [2.05, 4.69) is 10.6 Å². The average Bonchev–Trinajstić information content (AvgIpc) is 2.24. The predicted molar refractivity (Wildman–Crippen MR) is 62.6 cm³/mol. The highest BCUT2D eigenvalue weighted by molar-refractivity contribution is 6.35. The fourth-order valence-corrected chi connectivity index (χ4v) is 1.05. The van der Waals surface area contributed by atoms with Gasteiger partial charge in [0.2, 0.25) is 5.91 Å². The second-order valence-corrected chi connectivity index (χ2v) is 4.22. The summed E-state index contributed by atoms with van der Waals surface area (Å²) in [6, 6.07) is 0. The van der Waals surface area contributed by atoms with Gasteiger partial charge in [-0.1, -0.05) is 13.8 Å². The first-order valence-corrected chi connectivity index (χ1v) is 5.36. The number of hydrogen-bond acceptors (Lipinski definition) is 4. The van der Waals surface area contributed by atoms with Crippen LogP contribution < -0.4 is 22.1 Å². The number of amides is 3. The Kier molecular flexibility index (Phi) is 5.60. The van der Waals surface area contributed by atoms with E-state index in [0.717, 1.165) is 0 Å². The molecule has 17 heavy (non-hydrogen) atoms. The van der Waals surface area contributed by atoms with Gasteiger partial charge in [0.15, 0.2) is 0 Å². The largest absolute Gasteiger partial charge is 0.368 e. The van der Waals surface area contributed by atoms with Crippen molar-refractivity contribution in [2.24, 2.45) is 17.4 Å². The van der Waals surface area contributed by atoms with Gasteiger partial charge in [0.05, 0.1) is 0 Å². The van der Waals surface area contributed by atoms with Crippen LogP contribution in [0.3, 0.4) is 0 Å². The molecule has 0 aliphatic heterocycles. The molecule has 0 saturated carbocycles. The quantitative estimate of drug-likeness (QED) is 0.420. The van der Waals surface area contributed by atoms with Gasteiger partial charge in [0.25, 0.3) is 0 Å². The van der Waals surface area contributed by atoms with Crippen LogP contribution in [-0.4, -0.2) is 36.3 Å². The SMILES string of the molecule is CC(C)C(C)(NC(=O)C(=O)NCCN)C(N)=O. The van der Waals surface area contributed by atoms with Crippen LogP contribution in [0.2, 0.25) is 0 Å². The molecule has 0 spiro atoms. The molecule has 7 heteroatoms. The molecular formula is C10H20N4O3. The third-order valence-corrected chi connectivity index (χ3v) is 2.68. The van der Waals surface area contributed by atoms with Gasteiger partial charge in [0.1, 0.15) is 5.54 Å². The molecule has 0 aliphatic rings. The van der Waals surface area contributed by atoms with E-state index in [9.17, 15) is 14.4 Å². The van der Waals surface area contributed by atoms with Gasteiger partial charge >= 0.3 is 11.8 Å². The van der Waals surface area contributed by atoms with Crippen molar-refractivity contribution >= 4 is 17.7 Å². The molecule has 6 N–H and O–H groups in total. The number of carbonyl (C=O) groups excluding carboxylic acids is 3. The van der Waals surface area contributed by atoms with Gasteiger partial charge in [-0.15, -0.1) is 0 Å². The second-order valence-electron chi connectivity index (χ2n) is 4.22. The van der Waals surface area contributed by atoms with E-state index in [4.69, 9.17) is 11.5 Å². The number of carbonyl (C=O) groups is 3. The lowest BCUT2D eigenvalue weighted by molar-refractivity contribution is -0.142. The Hall–Kier alpha value is -1.63. The molecule has 1 unspecified atom stereocenters. The molecule has 0 aromatic heterocycles. The van der Waals surface area contributed by atoms with Gasteiger partial charge in [0, 0.05) is 13.1 Å². The lowest BCUT2D eigenvalue weighted by Crippen LogP contribution is -2.61. The third-order valence-electron chi connectivity index (χ3n) is 2.68. The number of nitrogens with one attached hydrogen (secondary N) is 2. The molecule has 0 fully saturated rings. The van der Waals surface area contributed by atoms with Crippen molar-refractivity contribution in [2.45, 2.75) is 26.3 Å². The van der Waals surface area contributed by atoms with Gasteiger partial charge in [-0.3, -0.25) is 14.4 Å². The summed E-state index contributed by atoms with van der Waals surface area (Å²) in [6.45, 7) is 5.36. The van der Waals surface area contributed by atoms with E-state index < -0.39 is 23.3 Å².